The molecule has 1 atom stereocenters. The van der Waals surface area contributed by atoms with Crippen molar-refractivity contribution in [1.82, 2.24) is 9.80 Å². The van der Waals surface area contributed by atoms with Crippen LogP contribution in [0.4, 0.5) is 5.69 Å². The molecule has 0 spiro atoms. The lowest BCUT2D eigenvalue weighted by molar-refractivity contribution is -0.130. The first-order valence-electron chi connectivity index (χ1n) is 10.6. The lowest BCUT2D eigenvalue weighted by atomic mass is 10.1. The molecular weight excluding hydrogens is 426 g/mol. The average Bonchev–Trinajstić information content (AvgIpc) is 3.03. The molecule has 7 nitrogen and oxygen atoms in total. The normalized spacial score (nSPS) is 15.8. The molecule has 0 aliphatic carbocycles. The van der Waals surface area contributed by atoms with Gasteiger partial charge in [-0.3, -0.25) is 14.5 Å². The summed E-state index contributed by atoms with van der Waals surface area (Å²) in [5.74, 6) is -0.880. The van der Waals surface area contributed by atoms with Gasteiger partial charge < -0.3 is 15.0 Å². The van der Waals surface area contributed by atoms with E-state index in [2.05, 4.69) is 22.2 Å². The molecule has 2 aromatic rings. The molecule has 1 fully saturated rings. The average molecular weight is 454 g/mol. The number of hydrogen-bond acceptors (Lipinski definition) is 5. The zero-order chi connectivity index (χ0) is 23.1. The topological polar surface area (TPSA) is 79.0 Å². The summed E-state index contributed by atoms with van der Waals surface area (Å²) in [6.07, 6.45) is 1.69. The van der Waals surface area contributed by atoms with Crippen molar-refractivity contribution in [3.8, 4) is 0 Å². The van der Waals surface area contributed by atoms with Gasteiger partial charge in [-0.05, 0) is 61.8 Å². The van der Waals surface area contributed by atoms with Crippen LogP contribution < -0.4 is 5.32 Å². The van der Waals surface area contributed by atoms with Gasteiger partial charge in [0.15, 0.2) is 5.11 Å². The third-order valence-electron chi connectivity index (χ3n) is 5.40. The molecule has 168 valence electrons. The third-order valence-corrected chi connectivity index (χ3v) is 5.85. The van der Waals surface area contributed by atoms with Gasteiger partial charge >= 0.3 is 5.97 Å². The van der Waals surface area contributed by atoms with Crippen LogP contribution in [0, 0.1) is 0 Å². The highest BCUT2D eigenvalue weighted by Crippen LogP contribution is 2.22. The number of ether oxygens (including phenoxy) is 1. The Morgan fingerprint density at radius 2 is 1.78 bits per heavy atom. The molecule has 2 aromatic carbocycles. The molecule has 0 unspecified atom stereocenters. The van der Waals surface area contributed by atoms with Crippen molar-refractivity contribution in [2.45, 2.75) is 32.2 Å². The van der Waals surface area contributed by atoms with Crippen molar-refractivity contribution in [3.05, 3.63) is 65.7 Å². The molecule has 3 rings (SSSR count). The second-order valence-electron chi connectivity index (χ2n) is 7.48. The summed E-state index contributed by atoms with van der Waals surface area (Å²) < 4.78 is 4.67. The van der Waals surface area contributed by atoms with E-state index in [1.807, 2.05) is 30.0 Å². The molecular formula is C24H27N3O4S. The van der Waals surface area contributed by atoms with Gasteiger partial charge in [0.05, 0.1) is 19.1 Å². The minimum atomic E-state index is -0.618. The van der Waals surface area contributed by atoms with E-state index < -0.39 is 12.0 Å². The molecule has 0 aromatic heterocycles. The maximum atomic E-state index is 12.9. The minimum absolute atomic E-state index is 0.000433. The van der Waals surface area contributed by atoms with Crippen LogP contribution in [0.1, 0.15) is 35.7 Å². The van der Waals surface area contributed by atoms with E-state index in [9.17, 15) is 14.4 Å². The lowest BCUT2D eigenvalue weighted by Crippen LogP contribution is -2.38. The predicted molar refractivity (Wildman–Crippen MR) is 126 cm³/mol. The Labute approximate surface area is 193 Å². The summed E-state index contributed by atoms with van der Waals surface area (Å²) in [7, 11) is 1.31. The quantitative estimate of drug-likeness (QED) is 0.464. The van der Waals surface area contributed by atoms with E-state index in [0.29, 0.717) is 29.5 Å². The number of esters is 1. The number of carbonyl (C=O) groups is 3. The van der Waals surface area contributed by atoms with E-state index >= 15 is 0 Å². The van der Waals surface area contributed by atoms with E-state index in [0.717, 1.165) is 12.8 Å². The molecule has 2 amide bonds. The standard InChI is InChI=1S/C24H27N3O4S/c1-3-26-22(29)20(27(24(26)32)15-7-10-17-8-5-4-6-9-17)16-21(28)25-19-13-11-18(12-14-19)23(30)31-2/h4-6,8-9,11-14,20H,3,7,10,15-16H2,1-2H3,(H,25,28)/t20-/m0/s1. The van der Waals surface area contributed by atoms with Crippen LogP contribution in [0.2, 0.25) is 0 Å². The summed E-state index contributed by atoms with van der Waals surface area (Å²) in [6, 6.07) is 15.9. The highest BCUT2D eigenvalue weighted by molar-refractivity contribution is 7.80. The summed E-state index contributed by atoms with van der Waals surface area (Å²) in [4.78, 5) is 40.6. The molecule has 8 heteroatoms. The molecule has 0 saturated carbocycles. The maximum Gasteiger partial charge on any atom is 0.337 e. The lowest BCUT2D eigenvalue weighted by Gasteiger charge is -2.23. The molecule has 0 bridgehead atoms. The van der Waals surface area contributed by atoms with Crippen LogP contribution >= 0.6 is 12.2 Å². The van der Waals surface area contributed by atoms with Gasteiger partial charge in [0, 0.05) is 18.8 Å². The molecule has 1 heterocycles. The van der Waals surface area contributed by atoms with Crippen molar-refractivity contribution in [3.63, 3.8) is 0 Å². The van der Waals surface area contributed by atoms with Crippen molar-refractivity contribution >= 4 is 40.8 Å². The van der Waals surface area contributed by atoms with Crippen LogP contribution in [0.25, 0.3) is 0 Å². The number of thiocarbonyl (C=S) groups is 1. The molecule has 1 saturated heterocycles. The van der Waals surface area contributed by atoms with Crippen molar-refractivity contribution < 1.29 is 19.1 Å². The van der Waals surface area contributed by atoms with Crippen LogP contribution in [0.15, 0.2) is 54.6 Å². The molecule has 1 aliphatic rings. The smallest absolute Gasteiger partial charge is 0.337 e. The Morgan fingerprint density at radius 1 is 1.09 bits per heavy atom. The van der Waals surface area contributed by atoms with Gasteiger partial charge in [-0.1, -0.05) is 30.3 Å². The van der Waals surface area contributed by atoms with E-state index in [1.165, 1.54) is 12.7 Å². The summed E-state index contributed by atoms with van der Waals surface area (Å²) >= 11 is 5.53. The number of nitrogens with zero attached hydrogens (tertiary/aromatic N) is 2. The van der Waals surface area contributed by atoms with Crippen molar-refractivity contribution in [1.29, 1.82) is 0 Å². The Morgan fingerprint density at radius 3 is 2.41 bits per heavy atom. The van der Waals surface area contributed by atoms with Gasteiger partial charge in [-0.15, -0.1) is 0 Å². The first kappa shape index (κ1) is 23.4. The monoisotopic (exact) mass is 453 g/mol. The van der Waals surface area contributed by atoms with Crippen molar-refractivity contribution in [2.24, 2.45) is 0 Å². The van der Waals surface area contributed by atoms with Crippen LogP contribution in [-0.2, 0) is 20.7 Å². The van der Waals surface area contributed by atoms with E-state index in [4.69, 9.17) is 12.2 Å². The Hall–Kier alpha value is -3.26. The number of carbonyl (C=O) groups excluding carboxylic acids is 3. The van der Waals surface area contributed by atoms with Gasteiger partial charge in [-0.25, -0.2) is 4.79 Å². The fourth-order valence-corrected chi connectivity index (χ4v) is 4.17. The number of anilines is 1. The number of nitrogens with one attached hydrogen (secondary N) is 1. The largest absolute Gasteiger partial charge is 0.465 e. The van der Waals surface area contributed by atoms with Gasteiger partial charge in [0.1, 0.15) is 6.04 Å². The van der Waals surface area contributed by atoms with Crippen LogP contribution in [0.5, 0.6) is 0 Å². The van der Waals surface area contributed by atoms with Gasteiger partial charge in [-0.2, -0.15) is 0 Å². The maximum absolute atomic E-state index is 12.9. The number of aryl methyl sites for hydroxylation is 1. The summed E-state index contributed by atoms with van der Waals surface area (Å²) in [5.41, 5.74) is 2.16. The number of benzene rings is 2. The zero-order valence-electron chi connectivity index (χ0n) is 18.2. The first-order valence-corrected chi connectivity index (χ1v) is 11.0. The fourth-order valence-electron chi connectivity index (χ4n) is 3.73. The predicted octanol–water partition coefficient (Wildman–Crippen LogP) is 3.25. The van der Waals surface area contributed by atoms with Crippen molar-refractivity contribution in [2.75, 3.05) is 25.5 Å². The number of hydrogen-bond donors (Lipinski definition) is 1. The van der Waals surface area contributed by atoms with Gasteiger partial charge in [0.2, 0.25) is 5.91 Å². The highest BCUT2D eigenvalue weighted by Gasteiger charge is 2.42. The fraction of sp³-hybridized carbons (Fsp3) is 0.333. The second-order valence-corrected chi connectivity index (χ2v) is 7.85. The van der Waals surface area contributed by atoms with E-state index in [1.54, 1.807) is 29.2 Å². The second kappa shape index (κ2) is 10.9. The third kappa shape index (κ3) is 5.50. The minimum Gasteiger partial charge on any atom is -0.465 e. The van der Waals surface area contributed by atoms with Gasteiger partial charge in [0.25, 0.3) is 5.91 Å². The zero-order valence-corrected chi connectivity index (χ0v) is 19.1. The first-order chi connectivity index (χ1) is 15.4. The Kier molecular flexibility index (Phi) is 7.94. The summed E-state index contributed by atoms with van der Waals surface area (Å²) in [5, 5.41) is 3.27. The SMILES string of the molecule is CCN1C(=O)[C@H](CC(=O)Nc2ccc(C(=O)OC)cc2)N(CCCc2ccccc2)C1=S. The number of likely N-dealkylation sites (N-methyl/N-ethyl adjacent to an activating group) is 1. The molecule has 0 radical (unpaired) electrons. The summed E-state index contributed by atoms with van der Waals surface area (Å²) in [6.45, 7) is 2.94. The van der Waals surface area contributed by atoms with E-state index in [-0.39, 0.29) is 18.2 Å². The highest BCUT2D eigenvalue weighted by atomic mass is 32.1. The Balaban J connectivity index is 1.63. The Bertz CT molecular complexity index is 978. The number of amides is 2. The van der Waals surface area contributed by atoms with Crippen LogP contribution in [-0.4, -0.2) is 58.9 Å². The van der Waals surface area contributed by atoms with Crippen LogP contribution in [0.3, 0.4) is 0 Å². The number of rotatable bonds is 9. The molecule has 1 aliphatic heterocycles. The molecule has 32 heavy (non-hydrogen) atoms. The number of methoxy groups -OCH3 is 1. The molecule has 1 N–H and O–H groups in total.